The topological polar surface area (TPSA) is 29.5 Å². The van der Waals surface area contributed by atoms with Crippen molar-refractivity contribution in [3.05, 3.63) is 57.7 Å². The molecule has 1 atom stereocenters. The van der Waals surface area contributed by atoms with Crippen LogP contribution in [0.25, 0.3) is 0 Å². The Morgan fingerprint density at radius 3 is 1.88 bits per heavy atom. The van der Waals surface area contributed by atoms with Gasteiger partial charge in [0.2, 0.25) is 0 Å². The van der Waals surface area contributed by atoms with Crippen LogP contribution in [-0.2, 0) is 0 Å². The van der Waals surface area contributed by atoms with E-state index in [0.717, 1.165) is 17.1 Å². The lowest BCUT2D eigenvalue weighted by atomic mass is 10.1. The third kappa shape index (κ3) is 3.44. The molecule has 0 fully saturated rings. The number of rotatable bonds is 3. The van der Waals surface area contributed by atoms with Gasteiger partial charge in [-0.3, -0.25) is 0 Å². The number of aliphatic hydroxyl groups is 1. The minimum atomic E-state index is -0.442. The van der Waals surface area contributed by atoms with E-state index < -0.39 is 6.10 Å². The van der Waals surface area contributed by atoms with Gasteiger partial charge in [0.25, 0.3) is 0 Å². The SMILES string of the molecule is C[C@H](O)c1ccc(Oc2ccc(I)cc2)cc1. The van der Waals surface area contributed by atoms with Crippen molar-refractivity contribution in [2.75, 3.05) is 0 Å². The van der Waals surface area contributed by atoms with E-state index in [1.807, 2.05) is 48.5 Å². The number of aliphatic hydroxyl groups excluding tert-OH is 1. The molecule has 0 spiro atoms. The Kier molecular flexibility index (Phi) is 4.02. The highest BCUT2D eigenvalue weighted by molar-refractivity contribution is 14.1. The van der Waals surface area contributed by atoms with Crippen molar-refractivity contribution in [2.45, 2.75) is 13.0 Å². The molecule has 17 heavy (non-hydrogen) atoms. The van der Waals surface area contributed by atoms with Crippen molar-refractivity contribution < 1.29 is 9.84 Å². The summed E-state index contributed by atoms with van der Waals surface area (Å²) in [5, 5.41) is 9.39. The van der Waals surface area contributed by atoms with Crippen molar-refractivity contribution in [1.82, 2.24) is 0 Å². The zero-order valence-corrected chi connectivity index (χ0v) is 11.6. The molecule has 0 heterocycles. The molecule has 0 amide bonds. The minimum absolute atomic E-state index is 0.442. The summed E-state index contributed by atoms with van der Waals surface area (Å²) in [6.07, 6.45) is -0.442. The highest BCUT2D eigenvalue weighted by Gasteiger charge is 2.01. The van der Waals surface area contributed by atoms with Gasteiger partial charge in [-0.05, 0) is 71.5 Å². The summed E-state index contributed by atoms with van der Waals surface area (Å²) in [5.74, 6) is 1.59. The van der Waals surface area contributed by atoms with E-state index in [4.69, 9.17) is 4.74 Å². The van der Waals surface area contributed by atoms with Crippen LogP contribution >= 0.6 is 22.6 Å². The van der Waals surface area contributed by atoms with Gasteiger partial charge in [0.05, 0.1) is 6.10 Å². The first kappa shape index (κ1) is 12.4. The van der Waals surface area contributed by atoms with Gasteiger partial charge in [-0.1, -0.05) is 12.1 Å². The molecule has 0 aromatic heterocycles. The van der Waals surface area contributed by atoms with E-state index in [9.17, 15) is 5.11 Å². The molecule has 0 unspecified atom stereocenters. The zero-order chi connectivity index (χ0) is 12.3. The van der Waals surface area contributed by atoms with E-state index in [-0.39, 0.29) is 0 Å². The molecule has 2 nitrogen and oxygen atoms in total. The van der Waals surface area contributed by atoms with Gasteiger partial charge >= 0.3 is 0 Å². The second-order valence-electron chi connectivity index (χ2n) is 3.80. The Bertz CT molecular complexity index is 475. The standard InChI is InChI=1S/C14H13IO2/c1-10(16)11-2-6-13(7-3-11)17-14-8-4-12(15)5-9-14/h2-10,16H,1H3/t10-/m0/s1. The van der Waals surface area contributed by atoms with E-state index >= 15 is 0 Å². The Balaban J connectivity index is 2.11. The van der Waals surface area contributed by atoms with Crippen molar-refractivity contribution in [3.8, 4) is 11.5 Å². The van der Waals surface area contributed by atoms with Crippen molar-refractivity contribution in [3.63, 3.8) is 0 Å². The largest absolute Gasteiger partial charge is 0.457 e. The second kappa shape index (κ2) is 5.51. The third-order valence-corrected chi connectivity index (χ3v) is 3.13. The van der Waals surface area contributed by atoms with Gasteiger partial charge in [0.15, 0.2) is 0 Å². The summed E-state index contributed by atoms with van der Waals surface area (Å²) < 4.78 is 6.86. The van der Waals surface area contributed by atoms with Crippen LogP contribution in [0.2, 0.25) is 0 Å². The first-order valence-electron chi connectivity index (χ1n) is 5.36. The van der Waals surface area contributed by atoms with Gasteiger partial charge in [-0.2, -0.15) is 0 Å². The molecule has 0 aliphatic rings. The molecule has 0 bridgehead atoms. The fourth-order valence-corrected chi connectivity index (χ4v) is 1.81. The molecule has 3 heteroatoms. The average molecular weight is 340 g/mol. The Morgan fingerprint density at radius 1 is 0.941 bits per heavy atom. The molecule has 0 saturated carbocycles. The first-order valence-corrected chi connectivity index (χ1v) is 6.44. The smallest absolute Gasteiger partial charge is 0.127 e. The quantitative estimate of drug-likeness (QED) is 0.851. The monoisotopic (exact) mass is 340 g/mol. The molecular formula is C14H13IO2. The summed E-state index contributed by atoms with van der Waals surface area (Å²) in [4.78, 5) is 0. The van der Waals surface area contributed by atoms with Crippen molar-refractivity contribution >= 4 is 22.6 Å². The van der Waals surface area contributed by atoms with Gasteiger partial charge in [-0.25, -0.2) is 0 Å². The average Bonchev–Trinajstić information content (AvgIpc) is 2.33. The number of benzene rings is 2. The fourth-order valence-electron chi connectivity index (χ4n) is 1.45. The summed E-state index contributed by atoms with van der Waals surface area (Å²) in [5.41, 5.74) is 0.889. The molecule has 2 rings (SSSR count). The molecule has 0 aliphatic carbocycles. The van der Waals surface area contributed by atoms with Crippen molar-refractivity contribution in [1.29, 1.82) is 0 Å². The Hall–Kier alpha value is -1.07. The first-order chi connectivity index (χ1) is 8.15. The van der Waals surface area contributed by atoms with E-state index in [2.05, 4.69) is 22.6 Å². The van der Waals surface area contributed by atoms with Crippen LogP contribution < -0.4 is 4.74 Å². The summed E-state index contributed by atoms with van der Waals surface area (Å²) >= 11 is 2.26. The zero-order valence-electron chi connectivity index (χ0n) is 9.43. The Morgan fingerprint density at radius 2 is 1.41 bits per heavy atom. The maximum Gasteiger partial charge on any atom is 0.127 e. The summed E-state index contributed by atoms with van der Waals surface area (Å²) in [6, 6.07) is 15.3. The lowest BCUT2D eigenvalue weighted by molar-refractivity contribution is 0.199. The minimum Gasteiger partial charge on any atom is -0.457 e. The molecule has 2 aromatic carbocycles. The van der Waals surface area contributed by atoms with E-state index in [1.54, 1.807) is 6.92 Å². The Labute approximate surface area is 114 Å². The molecule has 0 aliphatic heterocycles. The molecule has 0 radical (unpaired) electrons. The van der Waals surface area contributed by atoms with Gasteiger partial charge in [0, 0.05) is 3.57 Å². The molecular weight excluding hydrogens is 327 g/mol. The number of ether oxygens (including phenoxy) is 1. The molecule has 0 saturated heterocycles. The lowest BCUT2D eigenvalue weighted by Crippen LogP contribution is -1.90. The van der Waals surface area contributed by atoms with Crippen LogP contribution in [0, 0.1) is 3.57 Å². The third-order valence-electron chi connectivity index (χ3n) is 2.41. The van der Waals surface area contributed by atoms with Gasteiger partial charge < -0.3 is 9.84 Å². The molecule has 1 N–H and O–H groups in total. The maximum atomic E-state index is 9.39. The van der Waals surface area contributed by atoms with Crippen LogP contribution in [-0.4, -0.2) is 5.11 Å². The number of hydrogen-bond donors (Lipinski definition) is 1. The normalized spacial score (nSPS) is 12.2. The van der Waals surface area contributed by atoms with Crippen LogP contribution in [0.4, 0.5) is 0 Å². The van der Waals surface area contributed by atoms with Crippen LogP contribution in [0.5, 0.6) is 11.5 Å². The second-order valence-corrected chi connectivity index (χ2v) is 5.05. The molecule has 88 valence electrons. The van der Waals surface area contributed by atoms with E-state index in [1.165, 1.54) is 3.57 Å². The van der Waals surface area contributed by atoms with E-state index in [0.29, 0.717) is 0 Å². The highest BCUT2D eigenvalue weighted by atomic mass is 127. The fraction of sp³-hybridized carbons (Fsp3) is 0.143. The molecule has 2 aromatic rings. The predicted octanol–water partition coefficient (Wildman–Crippen LogP) is 4.14. The van der Waals surface area contributed by atoms with Gasteiger partial charge in [-0.15, -0.1) is 0 Å². The predicted molar refractivity (Wildman–Crippen MR) is 76.3 cm³/mol. The van der Waals surface area contributed by atoms with Gasteiger partial charge in [0.1, 0.15) is 11.5 Å². The van der Waals surface area contributed by atoms with Crippen LogP contribution in [0.1, 0.15) is 18.6 Å². The van der Waals surface area contributed by atoms with Crippen molar-refractivity contribution in [2.24, 2.45) is 0 Å². The van der Waals surface area contributed by atoms with Crippen LogP contribution in [0.15, 0.2) is 48.5 Å². The highest BCUT2D eigenvalue weighted by Crippen LogP contribution is 2.23. The summed E-state index contributed by atoms with van der Waals surface area (Å²) in [6.45, 7) is 1.75. The van der Waals surface area contributed by atoms with Crippen LogP contribution in [0.3, 0.4) is 0 Å². The maximum absolute atomic E-state index is 9.39. The summed E-state index contributed by atoms with van der Waals surface area (Å²) in [7, 11) is 0. The lowest BCUT2D eigenvalue weighted by Gasteiger charge is -2.08. The number of halogens is 1. The number of hydrogen-bond acceptors (Lipinski definition) is 2.